The van der Waals surface area contributed by atoms with Crippen LogP contribution in [0.15, 0.2) is 29.1 Å². The van der Waals surface area contributed by atoms with Crippen molar-refractivity contribution in [3.05, 3.63) is 35.1 Å². The topological polar surface area (TPSA) is 34.8 Å². The molecule has 0 radical (unpaired) electrons. The van der Waals surface area contributed by atoms with Gasteiger partial charge in [-0.2, -0.15) is 0 Å². The van der Waals surface area contributed by atoms with E-state index in [1.807, 2.05) is 17.7 Å². The van der Waals surface area contributed by atoms with Crippen LogP contribution in [0, 0.1) is 18.8 Å². The highest BCUT2D eigenvalue weighted by Crippen LogP contribution is 2.56. The molecule has 2 aliphatic carbocycles. The summed E-state index contributed by atoms with van der Waals surface area (Å²) in [6.45, 7) is 2.23. The molecule has 3 atom stereocenters. The van der Waals surface area contributed by atoms with Crippen molar-refractivity contribution in [1.29, 1.82) is 0 Å². The molecule has 0 saturated heterocycles. The first-order chi connectivity index (χ1) is 14.1. The zero-order valence-electron chi connectivity index (χ0n) is 17.0. The average Bonchev–Trinajstić information content (AvgIpc) is 3.48. The minimum Gasteiger partial charge on any atom is -0.454 e. The van der Waals surface area contributed by atoms with Crippen molar-refractivity contribution in [2.45, 2.75) is 38.5 Å². The second-order valence-corrected chi connectivity index (χ2v) is 10.3. The summed E-state index contributed by atoms with van der Waals surface area (Å²) in [5.74, 6) is 2.41. The van der Waals surface area contributed by atoms with Gasteiger partial charge < -0.3 is 8.98 Å². The van der Waals surface area contributed by atoms with Crippen LogP contribution in [0.1, 0.15) is 42.0 Å². The highest BCUT2D eigenvalue weighted by atomic mass is 32.1. The van der Waals surface area contributed by atoms with Crippen molar-refractivity contribution in [2.75, 3.05) is 0 Å². The van der Waals surface area contributed by atoms with Gasteiger partial charge >= 0.3 is 0 Å². The summed E-state index contributed by atoms with van der Waals surface area (Å²) in [5.41, 5.74) is 5.88. The maximum atomic E-state index is 6.75. The SMILES string of the molecule is Cc1c2cc[n+](C)c2cc2oc3c(C4CC5CCC4C5)sc4ncn(C)c(c12)c43. The van der Waals surface area contributed by atoms with Gasteiger partial charge in [-0.05, 0) is 43.6 Å². The van der Waals surface area contributed by atoms with Gasteiger partial charge in [-0.15, -0.1) is 11.3 Å². The lowest BCUT2D eigenvalue weighted by molar-refractivity contribution is -0.642. The summed E-state index contributed by atoms with van der Waals surface area (Å²) >= 11 is 1.88. The zero-order chi connectivity index (χ0) is 19.4. The third kappa shape index (κ3) is 1.99. The Bertz CT molecular complexity index is 1470. The summed E-state index contributed by atoms with van der Waals surface area (Å²) in [5, 5.41) is 3.75. The molecule has 2 bridgehead atoms. The smallest absolute Gasteiger partial charge is 0.216 e. The minimum absolute atomic E-state index is 0.655. The van der Waals surface area contributed by atoms with Crippen LogP contribution >= 0.6 is 11.3 Å². The Morgan fingerprint density at radius 1 is 1.24 bits per heavy atom. The zero-order valence-corrected chi connectivity index (χ0v) is 17.8. The molecule has 3 unspecified atom stereocenters. The van der Waals surface area contributed by atoms with E-state index in [-0.39, 0.29) is 0 Å². The highest BCUT2D eigenvalue weighted by molar-refractivity contribution is 7.19. The molecule has 2 aliphatic rings. The van der Waals surface area contributed by atoms with Gasteiger partial charge in [0, 0.05) is 24.4 Å². The van der Waals surface area contributed by atoms with Crippen LogP contribution in [0.25, 0.3) is 43.2 Å². The molecule has 146 valence electrons. The largest absolute Gasteiger partial charge is 0.454 e. The van der Waals surface area contributed by atoms with Crippen LogP contribution < -0.4 is 4.57 Å². The Morgan fingerprint density at radius 2 is 2.14 bits per heavy atom. The Labute approximate surface area is 172 Å². The number of benzene rings is 1. The van der Waals surface area contributed by atoms with E-state index in [4.69, 9.17) is 9.40 Å². The number of rotatable bonds is 1. The maximum absolute atomic E-state index is 6.75. The van der Waals surface area contributed by atoms with E-state index in [2.05, 4.69) is 48.5 Å². The summed E-state index contributed by atoms with van der Waals surface area (Å²) in [4.78, 5) is 7.38. The summed E-state index contributed by atoms with van der Waals surface area (Å²) in [7, 11) is 4.22. The lowest BCUT2D eigenvalue weighted by Gasteiger charge is -2.20. The van der Waals surface area contributed by atoms with E-state index in [0.29, 0.717) is 5.92 Å². The Balaban J connectivity index is 1.65. The Kier molecular flexibility index (Phi) is 3.05. The molecule has 7 rings (SSSR count). The maximum Gasteiger partial charge on any atom is 0.216 e. The lowest BCUT2D eigenvalue weighted by Crippen LogP contribution is -2.24. The standard InChI is InChI=1S/C24H24N3OS/c1-12-15-6-7-26(2)17(15)10-18-19(12)21-20-22(28-18)23(29-24(20)25-11-27(21)3)16-9-13-4-5-14(16)8-13/h6-7,10-11,13-14,16H,4-5,8-9H2,1-3H3/q+1. The van der Waals surface area contributed by atoms with Crippen molar-refractivity contribution in [3.63, 3.8) is 0 Å². The first-order valence-electron chi connectivity index (χ1n) is 10.7. The third-order valence-electron chi connectivity index (χ3n) is 7.75. The molecule has 0 N–H and O–H groups in total. The molecule has 0 aliphatic heterocycles. The van der Waals surface area contributed by atoms with E-state index >= 15 is 0 Å². The minimum atomic E-state index is 0.655. The number of aromatic nitrogens is 3. The molecule has 5 aromatic rings. The first-order valence-corrected chi connectivity index (χ1v) is 11.5. The number of hydrogen-bond acceptors (Lipinski definition) is 3. The van der Waals surface area contributed by atoms with Crippen LogP contribution in [0.4, 0.5) is 0 Å². The van der Waals surface area contributed by atoms with Crippen LogP contribution in [0.2, 0.25) is 0 Å². The predicted octanol–water partition coefficient (Wildman–Crippen LogP) is 5.72. The number of fused-ring (bicyclic) bond motifs is 5. The quantitative estimate of drug-likeness (QED) is 0.265. The molecule has 0 amide bonds. The molecular formula is C24H24N3OS+. The monoisotopic (exact) mass is 402 g/mol. The summed E-state index contributed by atoms with van der Waals surface area (Å²) in [6, 6.07) is 4.45. The van der Waals surface area contributed by atoms with E-state index in [1.165, 1.54) is 63.3 Å². The number of aryl methyl sites for hydroxylation is 3. The summed E-state index contributed by atoms with van der Waals surface area (Å²) < 4.78 is 11.1. The molecule has 1 aromatic carbocycles. The van der Waals surface area contributed by atoms with E-state index in [9.17, 15) is 0 Å². The second kappa shape index (κ2) is 5.39. The molecule has 0 spiro atoms. The molecule has 2 saturated carbocycles. The molecule has 5 heteroatoms. The van der Waals surface area contributed by atoms with E-state index < -0.39 is 0 Å². The fourth-order valence-electron chi connectivity index (χ4n) is 6.35. The van der Waals surface area contributed by atoms with Gasteiger partial charge in [-0.3, -0.25) is 0 Å². The molecule has 4 heterocycles. The summed E-state index contributed by atoms with van der Waals surface area (Å²) in [6.07, 6.45) is 9.67. The number of thiophene rings is 1. The van der Waals surface area contributed by atoms with Gasteiger partial charge in [0.1, 0.15) is 17.5 Å². The van der Waals surface area contributed by atoms with Gasteiger partial charge in [0.25, 0.3) is 0 Å². The van der Waals surface area contributed by atoms with Gasteiger partial charge in [0.15, 0.2) is 11.8 Å². The van der Waals surface area contributed by atoms with Crippen LogP contribution in [0.3, 0.4) is 0 Å². The van der Waals surface area contributed by atoms with E-state index in [0.717, 1.165) is 27.8 Å². The molecule has 4 aromatic heterocycles. The molecule has 4 nitrogen and oxygen atoms in total. The van der Waals surface area contributed by atoms with Crippen molar-refractivity contribution >= 4 is 54.5 Å². The Morgan fingerprint density at radius 3 is 2.93 bits per heavy atom. The average molecular weight is 403 g/mol. The van der Waals surface area contributed by atoms with E-state index in [1.54, 1.807) is 0 Å². The van der Waals surface area contributed by atoms with Crippen molar-refractivity contribution in [3.8, 4) is 0 Å². The van der Waals surface area contributed by atoms with Gasteiger partial charge in [0.2, 0.25) is 5.52 Å². The second-order valence-electron chi connectivity index (χ2n) is 9.30. The van der Waals surface area contributed by atoms with Gasteiger partial charge in [0.05, 0.1) is 33.6 Å². The van der Waals surface area contributed by atoms with Crippen LogP contribution in [-0.2, 0) is 14.1 Å². The molecular weight excluding hydrogens is 378 g/mol. The van der Waals surface area contributed by atoms with Crippen LogP contribution in [0.5, 0.6) is 0 Å². The van der Waals surface area contributed by atoms with Crippen molar-refractivity contribution < 1.29 is 8.98 Å². The normalized spacial score (nSPS) is 24.2. The fraction of sp³-hybridized carbons (Fsp3) is 0.417. The van der Waals surface area contributed by atoms with Crippen LogP contribution in [-0.4, -0.2) is 9.55 Å². The lowest BCUT2D eigenvalue weighted by atomic mass is 9.87. The predicted molar refractivity (Wildman–Crippen MR) is 117 cm³/mol. The van der Waals surface area contributed by atoms with Crippen molar-refractivity contribution in [2.24, 2.45) is 25.9 Å². The fourth-order valence-corrected chi connectivity index (χ4v) is 7.62. The number of hydrogen-bond donors (Lipinski definition) is 0. The van der Waals surface area contributed by atoms with Gasteiger partial charge in [-0.1, -0.05) is 6.42 Å². The molecule has 2 fully saturated rings. The van der Waals surface area contributed by atoms with Gasteiger partial charge in [-0.25, -0.2) is 9.55 Å². The first kappa shape index (κ1) is 16.4. The number of nitrogens with zero attached hydrogens (tertiary/aromatic N) is 3. The Hall–Kier alpha value is -2.40. The third-order valence-corrected chi connectivity index (χ3v) is 8.96. The highest BCUT2D eigenvalue weighted by Gasteiger charge is 2.42. The van der Waals surface area contributed by atoms with Crippen molar-refractivity contribution in [1.82, 2.24) is 9.55 Å². The molecule has 29 heavy (non-hydrogen) atoms.